The lowest BCUT2D eigenvalue weighted by Crippen LogP contribution is -2.49. The standard InChI is InChI=1S/C24H28Cl2N2O3/c1-16-6-3-4-9-21(16)27-24(30)23(17-10-12-18(26)13-11-17)28(22(29)15-25)19-7-5-8-20(14-19)31-2/h5,7-8,10-14,16,21,23H,3-4,6,9,15H2,1-2H3,(H,27,30). The van der Waals surface area contributed by atoms with Gasteiger partial charge in [0.25, 0.3) is 0 Å². The Balaban J connectivity index is 2.03. The molecule has 1 aliphatic carbocycles. The molecule has 3 rings (SSSR count). The molecule has 5 nitrogen and oxygen atoms in total. The van der Waals surface area contributed by atoms with Crippen LogP contribution in [0, 0.1) is 5.92 Å². The maximum Gasteiger partial charge on any atom is 0.248 e. The highest BCUT2D eigenvalue weighted by Crippen LogP contribution is 2.32. The number of benzene rings is 2. The van der Waals surface area contributed by atoms with E-state index in [0.717, 1.165) is 19.3 Å². The van der Waals surface area contributed by atoms with Crippen LogP contribution < -0.4 is 15.0 Å². The smallest absolute Gasteiger partial charge is 0.248 e. The molecular weight excluding hydrogens is 435 g/mol. The summed E-state index contributed by atoms with van der Waals surface area (Å²) in [7, 11) is 1.56. The summed E-state index contributed by atoms with van der Waals surface area (Å²) in [5.74, 6) is 0.108. The molecule has 0 heterocycles. The number of anilines is 1. The van der Waals surface area contributed by atoms with Gasteiger partial charge in [-0.25, -0.2) is 0 Å². The fourth-order valence-electron chi connectivity index (χ4n) is 4.12. The molecule has 7 heteroatoms. The van der Waals surface area contributed by atoms with Gasteiger partial charge in [-0.3, -0.25) is 14.5 Å². The van der Waals surface area contributed by atoms with Gasteiger partial charge in [-0.05, 0) is 48.6 Å². The van der Waals surface area contributed by atoms with E-state index in [2.05, 4.69) is 12.2 Å². The summed E-state index contributed by atoms with van der Waals surface area (Å²) in [5, 5.41) is 3.76. The maximum absolute atomic E-state index is 13.6. The first kappa shape index (κ1) is 23.4. The van der Waals surface area contributed by atoms with Gasteiger partial charge < -0.3 is 10.1 Å². The number of ether oxygens (including phenoxy) is 1. The van der Waals surface area contributed by atoms with Crippen LogP contribution in [0.1, 0.15) is 44.2 Å². The van der Waals surface area contributed by atoms with Crippen LogP contribution in [0.4, 0.5) is 5.69 Å². The molecule has 2 amide bonds. The van der Waals surface area contributed by atoms with Gasteiger partial charge in [0.2, 0.25) is 11.8 Å². The van der Waals surface area contributed by atoms with E-state index in [0.29, 0.717) is 27.9 Å². The van der Waals surface area contributed by atoms with Crippen molar-refractivity contribution < 1.29 is 14.3 Å². The zero-order chi connectivity index (χ0) is 22.4. The number of hydrogen-bond acceptors (Lipinski definition) is 3. The molecule has 0 saturated heterocycles. The number of nitrogens with one attached hydrogen (secondary N) is 1. The van der Waals surface area contributed by atoms with Crippen molar-refractivity contribution in [1.82, 2.24) is 5.32 Å². The normalized spacial score (nSPS) is 19.4. The van der Waals surface area contributed by atoms with Crippen molar-refractivity contribution in [2.75, 3.05) is 17.9 Å². The van der Waals surface area contributed by atoms with Crippen LogP contribution >= 0.6 is 23.2 Å². The first-order valence-electron chi connectivity index (χ1n) is 10.5. The first-order valence-corrected chi connectivity index (χ1v) is 11.4. The molecule has 2 aromatic carbocycles. The van der Waals surface area contributed by atoms with Crippen LogP contribution in [0.25, 0.3) is 0 Å². The molecule has 3 unspecified atom stereocenters. The highest BCUT2D eigenvalue weighted by atomic mass is 35.5. The predicted molar refractivity (Wildman–Crippen MR) is 125 cm³/mol. The van der Waals surface area contributed by atoms with Crippen molar-refractivity contribution >= 4 is 40.7 Å². The van der Waals surface area contributed by atoms with E-state index in [1.807, 2.05) is 0 Å². The van der Waals surface area contributed by atoms with Crippen LogP contribution in [-0.2, 0) is 9.59 Å². The Bertz CT molecular complexity index is 904. The summed E-state index contributed by atoms with van der Waals surface area (Å²) in [6.07, 6.45) is 4.27. The average molecular weight is 463 g/mol. The Morgan fingerprint density at radius 2 is 1.87 bits per heavy atom. The second-order valence-corrected chi connectivity index (χ2v) is 8.63. The number of rotatable bonds is 7. The Kier molecular flexibility index (Phi) is 8.22. The van der Waals surface area contributed by atoms with E-state index < -0.39 is 6.04 Å². The molecule has 1 N–H and O–H groups in total. The maximum atomic E-state index is 13.6. The van der Waals surface area contributed by atoms with E-state index in [9.17, 15) is 9.59 Å². The van der Waals surface area contributed by atoms with Crippen molar-refractivity contribution in [2.24, 2.45) is 5.92 Å². The first-order chi connectivity index (χ1) is 14.9. The lowest BCUT2D eigenvalue weighted by atomic mass is 9.85. The molecular formula is C24H28Cl2N2O3. The summed E-state index contributed by atoms with van der Waals surface area (Å²) in [6.45, 7) is 2.16. The molecule has 1 saturated carbocycles. The summed E-state index contributed by atoms with van der Waals surface area (Å²) in [5.41, 5.74) is 1.20. The molecule has 2 aromatic rings. The SMILES string of the molecule is COc1cccc(N(C(=O)CCl)C(C(=O)NC2CCCCC2C)c2ccc(Cl)cc2)c1. The second kappa shape index (κ2) is 10.9. The summed E-state index contributed by atoms with van der Waals surface area (Å²) < 4.78 is 5.33. The van der Waals surface area contributed by atoms with Crippen molar-refractivity contribution in [2.45, 2.75) is 44.7 Å². The number of amides is 2. The molecule has 1 aliphatic rings. The predicted octanol–water partition coefficient (Wildman–Crippen LogP) is 5.36. The van der Waals surface area contributed by atoms with Crippen LogP contribution in [0.2, 0.25) is 5.02 Å². The van der Waals surface area contributed by atoms with Gasteiger partial charge in [0.05, 0.1) is 7.11 Å². The number of halogens is 2. The summed E-state index contributed by atoms with van der Waals surface area (Å²) in [6, 6.07) is 13.2. The zero-order valence-electron chi connectivity index (χ0n) is 17.8. The fourth-order valence-corrected chi connectivity index (χ4v) is 4.37. The summed E-state index contributed by atoms with van der Waals surface area (Å²) in [4.78, 5) is 28.1. The highest BCUT2D eigenvalue weighted by Gasteiger charge is 2.34. The van der Waals surface area contributed by atoms with E-state index in [-0.39, 0.29) is 23.7 Å². The van der Waals surface area contributed by atoms with E-state index in [4.69, 9.17) is 27.9 Å². The second-order valence-electron chi connectivity index (χ2n) is 7.93. The quantitative estimate of drug-likeness (QED) is 0.563. The van der Waals surface area contributed by atoms with Crippen LogP contribution in [0.3, 0.4) is 0 Å². The molecule has 31 heavy (non-hydrogen) atoms. The highest BCUT2D eigenvalue weighted by molar-refractivity contribution is 6.30. The molecule has 166 valence electrons. The Morgan fingerprint density at radius 1 is 1.16 bits per heavy atom. The van der Waals surface area contributed by atoms with Gasteiger partial charge >= 0.3 is 0 Å². The lowest BCUT2D eigenvalue weighted by Gasteiger charge is -2.35. The Labute approximate surface area is 193 Å². The minimum absolute atomic E-state index is 0.0781. The number of alkyl halides is 1. The average Bonchev–Trinajstić information content (AvgIpc) is 2.79. The van der Waals surface area contributed by atoms with Crippen LogP contribution in [0.5, 0.6) is 5.75 Å². The number of nitrogens with zero attached hydrogens (tertiary/aromatic N) is 1. The topological polar surface area (TPSA) is 58.6 Å². The van der Waals surface area contributed by atoms with Gasteiger partial charge in [0, 0.05) is 22.8 Å². The van der Waals surface area contributed by atoms with Crippen molar-refractivity contribution in [3.63, 3.8) is 0 Å². The van der Waals surface area contributed by atoms with Gasteiger partial charge in [0.15, 0.2) is 0 Å². The van der Waals surface area contributed by atoms with E-state index >= 15 is 0 Å². The molecule has 0 aromatic heterocycles. The largest absolute Gasteiger partial charge is 0.497 e. The van der Waals surface area contributed by atoms with Crippen LogP contribution in [-0.4, -0.2) is 30.8 Å². The monoisotopic (exact) mass is 462 g/mol. The Hall–Kier alpha value is -2.24. The van der Waals surface area contributed by atoms with Gasteiger partial charge in [-0.2, -0.15) is 0 Å². The summed E-state index contributed by atoms with van der Waals surface area (Å²) >= 11 is 12.0. The third kappa shape index (κ3) is 5.72. The number of hydrogen-bond donors (Lipinski definition) is 1. The minimum atomic E-state index is -0.884. The lowest BCUT2D eigenvalue weighted by molar-refractivity contribution is -0.126. The van der Waals surface area contributed by atoms with Gasteiger partial charge in [0.1, 0.15) is 17.7 Å². The van der Waals surface area contributed by atoms with Gasteiger partial charge in [-0.1, -0.05) is 49.6 Å². The van der Waals surface area contributed by atoms with Crippen molar-refractivity contribution in [1.29, 1.82) is 0 Å². The number of carbonyl (C=O) groups excluding carboxylic acids is 2. The third-order valence-electron chi connectivity index (χ3n) is 5.85. The van der Waals surface area contributed by atoms with E-state index in [1.54, 1.807) is 55.6 Å². The molecule has 0 spiro atoms. The van der Waals surface area contributed by atoms with Crippen molar-refractivity contribution in [3.05, 3.63) is 59.1 Å². The van der Waals surface area contributed by atoms with Gasteiger partial charge in [-0.15, -0.1) is 11.6 Å². The number of carbonyl (C=O) groups is 2. The minimum Gasteiger partial charge on any atom is -0.497 e. The fraction of sp³-hybridized carbons (Fsp3) is 0.417. The third-order valence-corrected chi connectivity index (χ3v) is 6.33. The molecule has 1 fully saturated rings. The van der Waals surface area contributed by atoms with Crippen molar-refractivity contribution in [3.8, 4) is 5.75 Å². The molecule has 0 aliphatic heterocycles. The molecule has 0 radical (unpaired) electrons. The Morgan fingerprint density at radius 3 is 2.52 bits per heavy atom. The number of methoxy groups -OCH3 is 1. The molecule has 3 atom stereocenters. The zero-order valence-corrected chi connectivity index (χ0v) is 19.3. The molecule has 0 bridgehead atoms. The van der Waals surface area contributed by atoms with Crippen LogP contribution in [0.15, 0.2) is 48.5 Å². The van der Waals surface area contributed by atoms with E-state index in [1.165, 1.54) is 11.3 Å².